The highest BCUT2D eigenvalue weighted by Gasteiger charge is 2.26. The van der Waals surface area contributed by atoms with Crippen LogP contribution in [0.1, 0.15) is 18.1 Å². The summed E-state index contributed by atoms with van der Waals surface area (Å²) in [7, 11) is 1.60. The van der Waals surface area contributed by atoms with E-state index in [9.17, 15) is 9.59 Å². The first-order valence-corrected chi connectivity index (χ1v) is 10.5. The normalized spacial score (nSPS) is 11.3. The highest BCUT2D eigenvalue weighted by Crippen LogP contribution is 2.16. The van der Waals surface area contributed by atoms with Gasteiger partial charge in [0.1, 0.15) is 17.5 Å². The van der Waals surface area contributed by atoms with Crippen LogP contribution < -0.4 is 14.8 Å². The molecule has 0 bridgehead atoms. The number of methoxy groups -OCH3 is 1. The quantitative estimate of drug-likeness (QED) is 0.529. The standard InChI is InChI=1S/C26H28N2O4/c1-20(26(30)27-17-21-9-5-3-6-10-21)28(18-22-13-15-23(31-2)16-14-22)25(29)19-32-24-11-7-4-8-12-24/h3-16,20H,17-19H2,1-2H3,(H,27,30). The van der Waals surface area contributed by atoms with E-state index in [1.165, 1.54) is 4.90 Å². The van der Waals surface area contributed by atoms with E-state index in [0.717, 1.165) is 16.9 Å². The highest BCUT2D eigenvalue weighted by atomic mass is 16.5. The lowest BCUT2D eigenvalue weighted by molar-refractivity contribution is -0.142. The number of para-hydroxylation sites is 1. The first-order valence-electron chi connectivity index (χ1n) is 10.5. The second-order valence-corrected chi connectivity index (χ2v) is 7.35. The Bertz CT molecular complexity index is 991. The maximum Gasteiger partial charge on any atom is 0.261 e. The van der Waals surface area contributed by atoms with Crippen molar-refractivity contribution < 1.29 is 19.1 Å². The van der Waals surface area contributed by atoms with Gasteiger partial charge in [0.15, 0.2) is 6.61 Å². The topological polar surface area (TPSA) is 67.9 Å². The van der Waals surface area contributed by atoms with E-state index in [4.69, 9.17) is 9.47 Å². The summed E-state index contributed by atoms with van der Waals surface area (Å²) in [6, 6.07) is 25.5. The van der Waals surface area contributed by atoms with E-state index in [-0.39, 0.29) is 25.0 Å². The van der Waals surface area contributed by atoms with Crippen LogP contribution >= 0.6 is 0 Å². The molecular formula is C26H28N2O4. The van der Waals surface area contributed by atoms with Crippen molar-refractivity contribution >= 4 is 11.8 Å². The number of nitrogens with one attached hydrogen (secondary N) is 1. The van der Waals surface area contributed by atoms with Gasteiger partial charge in [-0.3, -0.25) is 9.59 Å². The molecule has 0 aliphatic rings. The van der Waals surface area contributed by atoms with Gasteiger partial charge in [-0.2, -0.15) is 0 Å². The van der Waals surface area contributed by atoms with Crippen LogP contribution in [0.15, 0.2) is 84.9 Å². The summed E-state index contributed by atoms with van der Waals surface area (Å²) in [6.07, 6.45) is 0. The summed E-state index contributed by atoms with van der Waals surface area (Å²) >= 11 is 0. The van der Waals surface area contributed by atoms with Gasteiger partial charge in [-0.15, -0.1) is 0 Å². The first-order chi connectivity index (χ1) is 15.6. The van der Waals surface area contributed by atoms with Crippen molar-refractivity contribution in [1.29, 1.82) is 0 Å². The summed E-state index contributed by atoms with van der Waals surface area (Å²) in [4.78, 5) is 27.5. The van der Waals surface area contributed by atoms with Gasteiger partial charge in [-0.1, -0.05) is 60.7 Å². The van der Waals surface area contributed by atoms with E-state index in [1.54, 1.807) is 26.2 Å². The summed E-state index contributed by atoms with van der Waals surface area (Å²) < 4.78 is 10.8. The van der Waals surface area contributed by atoms with Gasteiger partial charge in [0.05, 0.1) is 7.11 Å². The van der Waals surface area contributed by atoms with Crippen LogP contribution in [0.25, 0.3) is 0 Å². The lowest BCUT2D eigenvalue weighted by Crippen LogP contribution is -2.48. The number of hydrogen-bond acceptors (Lipinski definition) is 4. The van der Waals surface area contributed by atoms with Gasteiger partial charge in [0.2, 0.25) is 5.91 Å². The lowest BCUT2D eigenvalue weighted by Gasteiger charge is -2.29. The molecule has 0 aromatic heterocycles. The van der Waals surface area contributed by atoms with Crippen LogP contribution in [-0.4, -0.2) is 36.5 Å². The molecule has 6 nitrogen and oxygen atoms in total. The van der Waals surface area contributed by atoms with Gasteiger partial charge in [0, 0.05) is 13.1 Å². The molecule has 0 radical (unpaired) electrons. The van der Waals surface area contributed by atoms with Crippen LogP contribution in [0.4, 0.5) is 0 Å². The molecule has 1 N–H and O–H groups in total. The Morgan fingerprint density at radius 3 is 2.09 bits per heavy atom. The molecule has 3 rings (SSSR count). The molecular weight excluding hydrogens is 404 g/mol. The maximum atomic E-state index is 13.1. The summed E-state index contributed by atoms with van der Waals surface area (Å²) in [6.45, 7) is 2.25. The van der Waals surface area contributed by atoms with Gasteiger partial charge in [-0.05, 0) is 42.3 Å². The first kappa shape index (κ1) is 22.9. The minimum atomic E-state index is -0.673. The number of carbonyl (C=O) groups is 2. The van der Waals surface area contributed by atoms with Crippen molar-refractivity contribution in [2.24, 2.45) is 0 Å². The molecule has 0 saturated carbocycles. The van der Waals surface area contributed by atoms with Crippen LogP contribution in [0.3, 0.4) is 0 Å². The van der Waals surface area contributed by atoms with Gasteiger partial charge in [-0.25, -0.2) is 0 Å². The minimum Gasteiger partial charge on any atom is -0.497 e. The van der Waals surface area contributed by atoms with Crippen LogP contribution in [0.5, 0.6) is 11.5 Å². The molecule has 0 aliphatic heterocycles. The smallest absolute Gasteiger partial charge is 0.261 e. The Labute approximate surface area is 188 Å². The number of carbonyl (C=O) groups excluding carboxylic acids is 2. The molecule has 3 aromatic carbocycles. The van der Waals surface area contributed by atoms with Gasteiger partial charge >= 0.3 is 0 Å². The molecule has 166 valence electrons. The summed E-state index contributed by atoms with van der Waals surface area (Å²) in [5, 5.41) is 2.92. The lowest BCUT2D eigenvalue weighted by atomic mass is 10.1. The van der Waals surface area contributed by atoms with Gasteiger partial charge in [0.25, 0.3) is 5.91 Å². The van der Waals surface area contributed by atoms with E-state index in [2.05, 4.69) is 5.32 Å². The van der Waals surface area contributed by atoms with Crippen molar-refractivity contribution in [3.05, 3.63) is 96.1 Å². The highest BCUT2D eigenvalue weighted by molar-refractivity contribution is 5.87. The van der Waals surface area contributed by atoms with E-state index >= 15 is 0 Å². The molecule has 0 heterocycles. The maximum absolute atomic E-state index is 13.1. The molecule has 2 amide bonds. The van der Waals surface area contributed by atoms with Crippen LogP contribution in [0.2, 0.25) is 0 Å². The van der Waals surface area contributed by atoms with Crippen molar-refractivity contribution in [2.75, 3.05) is 13.7 Å². The Balaban J connectivity index is 1.69. The fourth-order valence-electron chi connectivity index (χ4n) is 3.19. The molecule has 6 heteroatoms. The number of nitrogens with zero attached hydrogens (tertiary/aromatic N) is 1. The Kier molecular flexibility index (Phi) is 8.26. The van der Waals surface area contributed by atoms with Crippen LogP contribution in [-0.2, 0) is 22.7 Å². The predicted octanol–water partition coefficient (Wildman–Crippen LogP) is 3.81. The number of benzene rings is 3. The number of hydrogen-bond donors (Lipinski definition) is 1. The Morgan fingerprint density at radius 2 is 1.47 bits per heavy atom. The van der Waals surface area contributed by atoms with Crippen LogP contribution in [0, 0.1) is 0 Å². The van der Waals surface area contributed by atoms with Crippen molar-refractivity contribution in [1.82, 2.24) is 10.2 Å². The second-order valence-electron chi connectivity index (χ2n) is 7.35. The molecule has 0 fully saturated rings. The van der Waals surface area contributed by atoms with Crippen molar-refractivity contribution in [3.8, 4) is 11.5 Å². The number of rotatable bonds is 10. The fraction of sp³-hybridized carbons (Fsp3) is 0.231. The van der Waals surface area contributed by atoms with Crippen molar-refractivity contribution in [2.45, 2.75) is 26.1 Å². The average molecular weight is 433 g/mol. The Morgan fingerprint density at radius 1 is 0.844 bits per heavy atom. The predicted molar refractivity (Wildman–Crippen MR) is 123 cm³/mol. The zero-order chi connectivity index (χ0) is 22.8. The molecule has 3 aromatic rings. The largest absolute Gasteiger partial charge is 0.497 e. The summed E-state index contributed by atoms with van der Waals surface area (Å²) in [5.74, 6) is 0.835. The average Bonchev–Trinajstić information content (AvgIpc) is 2.85. The zero-order valence-corrected chi connectivity index (χ0v) is 18.4. The SMILES string of the molecule is COc1ccc(CN(C(=O)COc2ccccc2)C(C)C(=O)NCc2ccccc2)cc1. The fourth-order valence-corrected chi connectivity index (χ4v) is 3.19. The minimum absolute atomic E-state index is 0.156. The van der Waals surface area contributed by atoms with E-state index < -0.39 is 6.04 Å². The second kappa shape index (κ2) is 11.6. The molecule has 0 spiro atoms. The van der Waals surface area contributed by atoms with E-state index in [0.29, 0.717) is 12.3 Å². The number of ether oxygens (including phenoxy) is 2. The van der Waals surface area contributed by atoms with Gasteiger partial charge < -0.3 is 19.7 Å². The third kappa shape index (κ3) is 6.60. The Hall–Kier alpha value is -3.80. The monoisotopic (exact) mass is 432 g/mol. The molecule has 1 unspecified atom stereocenters. The zero-order valence-electron chi connectivity index (χ0n) is 18.4. The van der Waals surface area contributed by atoms with Crippen molar-refractivity contribution in [3.63, 3.8) is 0 Å². The molecule has 0 aliphatic carbocycles. The molecule has 32 heavy (non-hydrogen) atoms. The third-order valence-electron chi connectivity index (χ3n) is 5.09. The molecule has 0 saturated heterocycles. The third-order valence-corrected chi connectivity index (χ3v) is 5.09. The molecule has 1 atom stereocenters. The van der Waals surface area contributed by atoms with E-state index in [1.807, 2.05) is 72.8 Å². The summed E-state index contributed by atoms with van der Waals surface area (Å²) in [5.41, 5.74) is 1.88. The number of amides is 2.